The molecule has 0 spiro atoms. The van der Waals surface area contributed by atoms with E-state index in [1.807, 2.05) is 0 Å². The van der Waals surface area contributed by atoms with E-state index in [2.05, 4.69) is 4.98 Å². The average Bonchev–Trinajstić information content (AvgIpc) is 2.62. The highest BCUT2D eigenvalue weighted by molar-refractivity contribution is 5.73. The smallest absolute Gasteiger partial charge is 0.408 e. The number of pyridine rings is 1. The second-order valence-corrected chi connectivity index (χ2v) is 5.22. The molecule has 1 aromatic carbocycles. The fourth-order valence-electron chi connectivity index (χ4n) is 1.98. The number of aromatic nitrogens is 1. The number of benzene rings is 1. The van der Waals surface area contributed by atoms with Gasteiger partial charge < -0.3 is 37.3 Å². The minimum Gasteiger partial charge on any atom is -0.408 e. The van der Waals surface area contributed by atoms with Crippen molar-refractivity contribution in [3.05, 3.63) is 36.4 Å². The zero-order valence-electron chi connectivity index (χ0n) is 13.7. The molecule has 0 saturated carbocycles. The molecule has 0 atom stereocenters. The maximum atomic E-state index is 11.7. The molecule has 1 fully saturated rings. The van der Waals surface area contributed by atoms with E-state index < -0.39 is 0 Å². The molecule has 9 heteroatoms. The molecule has 1 aromatic heterocycles. The third-order valence-corrected chi connectivity index (χ3v) is 3.36. The standard InChI is InChI=1S/C11H14N2O3.C5H8N4/c12-9-3-1-2-4-10(9)16-11(14)13-5-7-15-8-6-13;6-3-1-2-4(7)9-5(3)8/h1-4H,5-8,12H2;1-2H,6H2,(H4,7,8,9). The highest BCUT2D eigenvalue weighted by Crippen LogP contribution is 2.20. The molecule has 0 unspecified atom stereocenters. The highest BCUT2D eigenvalue weighted by Gasteiger charge is 2.19. The molecule has 1 amide bonds. The largest absolute Gasteiger partial charge is 0.415 e. The third kappa shape index (κ3) is 5.43. The van der Waals surface area contributed by atoms with Crippen molar-refractivity contribution in [1.29, 1.82) is 0 Å². The number of morpholine rings is 1. The normalized spacial score (nSPS) is 13.5. The SMILES string of the molecule is Nc1ccc(N)c(N)n1.Nc1ccccc1OC(=O)N1CCOCC1. The Bertz CT molecular complexity index is 719. The topological polar surface area (TPSA) is 156 Å². The van der Waals surface area contributed by atoms with Crippen LogP contribution in [0.3, 0.4) is 0 Å². The van der Waals surface area contributed by atoms with Gasteiger partial charge in [0.1, 0.15) is 11.6 Å². The number of nitrogen functional groups attached to an aromatic ring is 4. The van der Waals surface area contributed by atoms with Gasteiger partial charge in [0.15, 0.2) is 5.75 Å². The first-order valence-electron chi connectivity index (χ1n) is 7.64. The van der Waals surface area contributed by atoms with Crippen molar-refractivity contribution in [3.63, 3.8) is 0 Å². The summed E-state index contributed by atoms with van der Waals surface area (Å²) in [5.41, 5.74) is 22.5. The molecule has 8 N–H and O–H groups in total. The summed E-state index contributed by atoms with van der Waals surface area (Å²) in [6.07, 6.45) is -0.374. The fraction of sp³-hybridized carbons (Fsp3) is 0.250. The molecular formula is C16H22N6O3. The Labute approximate surface area is 145 Å². The van der Waals surface area contributed by atoms with Gasteiger partial charge in [-0.15, -0.1) is 0 Å². The minimum absolute atomic E-state index is 0.287. The number of rotatable bonds is 1. The number of ether oxygens (including phenoxy) is 2. The predicted octanol–water partition coefficient (Wildman–Crippen LogP) is 0.928. The molecule has 1 aliphatic heterocycles. The van der Waals surface area contributed by atoms with Crippen LogP contribution in [0.1, 0.15) is 0 Å². The Balaban J connectivity index is 0.000000212. The van der Waals surface area contributed by atoms with Crippen molar-refractivity contribution >= 4 is 29.1 Å². The summed E-state index contributed by atoms with van der Waals surface area (Å²) in [5.74, 6) is 1.08. The van der Waals surface area contributed by atoms with Crippen molar-refractivity contribution in [1.82, 2.24) is 9.88 Å². The lowest BCUT2D eigenvalue weighted by molar-refractivity contribution is 0.0416. The first-order chi connectivity index (χ1) is 12.0. The Morgan fingerprint density at radius 1 is 1.00 bits per heavy atom. The minimum atomic E-state index is -0.374. The number of carbonyl (C=O) groups excluding carboxylic acids is 1. The Hall–Kier alpha value is -3.20. The van der Waals surface area contributed by atoms with Gasteiger partial charge in [-0.2, -0.15) is 0 Å². The van der Waals surface area contributed by atoms with Crippen molar-refractivity contribution in [3.8, 4) is 5.75 Å². The number of anilines is 4. The summed E-state index contributed by atoms with van der Waals surface area (Å²) in [4.78, 5) is 17.0. The van der Waals surface area contributed by atoms with E-state index in [1.165, 1.54) is 0 Å². The van der Waals surface area contributed by atoms with Gasteiger partial charge in [0.2, 0.25) is 0 Å². The lowest BCUT2D eigenvalue weighted by Crippen LogP contribution is -2.42. The van der Waals surface area contributed by atoms with Crippen LogP contribution in [-0.4, -0.2) is 42.3 Å². The van der Waals surface area contributed by atoms with E-state index in [4.69, 9.17) is 32.4 Å². The van der Waals surface area contributed by atoms with Crippen LogP contribution < -0.4 is 27.7 Å². The quantitative estimate of drug-likeness (QED) is 0.555. The maximum Gasteiger partial charge on any atom is 0.415 e. The zero-order chi connectivity index (χ0) is 18.2. The number of nitrogens with two attached hydrogens (primary N) is 4. The number of carbonyl (C=O) groups is 1. The van der Waals surface area contributed by atoms with E-state index in [1.54, 1.807) is 41.3 Å². The molecule has 1 saturated heterocycles. The second kappa shape index (κ2) is 8.60. The predicted molar refractivity (Wildman–Crippen MR) is 96.7 cm³/mol. The third-order valence-electron chi connectivity index (χ3n) is 3.36. The molecule has 2 aromatic rings. The number of amides is 1. The van der Waals surface area contributed by atoms with Crippen molar-refractivity contribution < 1.29 is 14.3 Å². The van der Waals surface area contributed by atoms with E-state index in [0.717, 1.165) is 0 Å². The van der Waals surface area contributed by atoms with Gasteiger partial charge >= 0.3 is 6.09 Å². The molecule has 25 heavy (non-hydrogen) atoms. The first kappa shape index (κ1) is 18.1. The van der Waals surface area contributed by atoms with Gasteiger partial charge in [0.05, 0.1) is 24.6 Å². The van der Waals surface area contributed by atoms with E-state index >= 15 is 0 Å². The first-order valence-corrected chi connectivity index (χ1v) is 7.64. The van der Waals surface area contributed by atoms with Crippen LogP contribution in [-0.2, 0) is 4.74 Å². The van der Waals surface area contributed by atoms with Gasteiger partial charge in [-0.1, -0.05) is 12.1 Å². The molecule has 0 bridgehead atoms. The molecule has 134 valence electrons. The maximum absolute atomic E-state index is 11.7. The van der Waals surface area contributed by atoms with Crippen LogP contribution in [0.2, 0.25) is 0 Å². The Kier molecular flexibility index (Phi) is 6.24. The van der Waals surface area contributed by atoms with Gasteiger partial charge in [-0.25, -0.2) is 9.78 Å². The molecule has 2 heterocycles. The summed E-state index contributed by atoms with van der Waals surface area (Å²) in [6.45, 7) is 2.23. The van der Waals surface area contributed by atoms with Gasteiger partial charge in [-0.05, 0) is 24.3 Å². The Morgan fingerprint density at radius 2 is 1.68 bits per heavy atom. The molecule has 0 aliphatic carbocycles. The Morgan fingerprint density at radius 3 is 2.28 bits per heavy atom. The lowest BCUT2D eigenvalue weighted by atomic mass is 10.3. The van der Waals surface area contributed by atoms with Crippen molar-refractivity contribution in [2.75, 3.05) is 49.2 Å². The summed E-state index contributed by atoms with van der Waals surface area (Å²) in [6, 6.07) is 10.2. The van der Waals surface area contributed by atoms with E-state index in [-0.39, 0.29) is 11.9 Å². The average molecular weight is 346 g/mol. The highest BCUT2D eigenvalue weighted by atomic mass is 16.6. The van der Waals surface area contributed by atoms with Crippen LogP contribution in [0, 0.1) is 0 Å². The van der Waals surface area contributed by atoms with Crippen LogP contribution in [0.15, 0.2) is 36.4 Å². The molecule has 9 nitrogen and oxygen atoms in total. The lowest BCUT2D eigenvalue weighted by Gasteiger charge is -2.25. The second-order valence-electron chi connectivity index (χ2n) is 5.22. The summed E-state index contributed by atoms with van der Waals surface area (Å²) < 4.78 is 10.3. The number of para-hydroxylation sites is 2. The van der Waals surface area contributed by atoms with E-state index in [9.17, 15) is 4.79 Å². The molecule has 1 aliphatic rings. The van der Waals surface area contributed by atoms with Gasteiger partial charge in [-0.3, -0.25) is 0 Å². The number of nitrogens with zero attached hydrogens (tertiary/aromatic N) is 2. The van der Waals surface area contributed by atoms with Gasteiger partial charge in [0.25, 0.3) is 0 Å². The molecule has 3 rings (SSSR count). The monoisotopic (exact) mass is 346 g/mol. The number of hydrogen-bond acceptors (Lipinski definition) is 8. The summed E-state index contributed by atoms with van der Waals surface area (Å²) >= 11 is 0. The van der Waals surface area contributed by atoms with Crippen LogP contribution in [0.5, 0.6) is 5.75 Å². The zero-order valence-corrected chi connectivity index (χ0v) is 13.7. The van der Waals surface area contributed by atoms with Gasteiger partial charge in [0, 0.05) is 13.1 Å². The molecule has 0 radical (unpaired) electrons. The summed E-state index contributed by atoms with van der Waals surface area (Å²) in [7, 11) is 0. The van der Waals surface area contributed by atoms with Crippen molar-refractivity contribution in [2.24, 2.45) is 0 Å². The van der Waals surface area contributed by atoms with Crippen LogP contribution in [0.25, 0.3) is 0 Å². The number of hydrogen-bond donors (Lipinski definition) is 4. The fourth-order valence-corrected chi connectivity index (χ4v) is 1.98. The molecular weight excluding hydrogens is 324 g/mol. The van der Waals surface area contributed by atoms with Crippen LogP contribution in [0.4, 0.5) is 27.8 Å². The van der Waals surface area contributed by atoms with Crippen molar-refractivity contribution in [2.45, 2.75) is 0 Å². The summed E-state index contributed by atoms with van der Waals surface area (Å²) in [5, 5.41) is 0. The van der Waals surface area contributed by atoms with Crippen LogP contribution >= 0.6 is 0 Å². The van der Waals surface area contributed by atoms with E-state index in [0.29, 0.717) is 49.2 Å².